The Kier molecular flexibility index (Phi) is 4.06. The van der Waals surface area contributed by atoms with Gasteiger partial charge in [-0.25, -0.2) is 4.98 Å². The van der Waals surface area contributed by atoms with Gasteiger partial charge in [0.2, 0.25) is 0 Å². The van der Waals surface area contributed by atoms with Gasteiger partial charge in [0.05, 0.1) is 35.8 Å². The molecule has 0 saturated carbocycles. The molecule has 8 heteroatoms. The van der Waals surface area contributed by atoms with Crippen molar-refractivity contribution in [3.63, 3.8) is 0 Å². The molecule has 0 aliphatic heterocycles. The fourth-order valence-corrected chi connectivity index (χ4v) is 3.65. The van der Waals surface area contributed by atoms with Crippen LogP contribution in [0.5, 0.6) is 0 Å². The van der Waals surface area contributed by atoms with Gasteiger partial charge in [-0.2, -0.15) is 5.26 Å². The standard InChI is InChI=1S/C21H18N8/c1-15-24-25-20-9-8-17-18(29(15)20)12-19(21-23-14-27(26-21)11-5-10-22)28(17)13-16-6-3-2-4-7-16/h2-4,6-9,12,14H,5,11,13H2,1H3. The number of nitriles is 1. The van der Waals surface area contributed by atoms with Crippen LogP contribution in [0.4, 0.5) is 0 Å². The zero-order valence-corrected chi connectivity index (χ0v) is 15.9. The van der Waals surface area contributed by atoms with Crippen LogP contribution in [0.2, 0.25) is 0 Å². The van der Waals surface area contributed by atoms with Crippen LogP contribution in [0.3, 0.4) is 0 Å². The molecule has 0 radical (unpaired) electrons. The Balaban J connectivity index is 1.71. The van der Waals surface area contributed by atoms with Crippen LogP contribution in [0, 0.1) is 18.3 Å². The molecule has 0 unspecified atom stereocenters. The lowest BCUT2D eigenvalue weighted by molar-refractivity contribution is 0.626. The predicted molar refractivity (Wildman–Crippen MR) is 108 cm³/mol. The number of rotatable bonds is 5. The minimum absolute atomic E-state index is 0.399. The van der Waals surface area contributed by atoms with E-state index in [1.165, 1.54) is 5.56 Å². The molecule has 142 valence electrons. The first-order valence-corrected chi connectivity index (χ1v) is 9.39. The van der Waals surface area contributed by atoms with Crippen LogP contribution in [0.15, 0.2) is 54.9 Å². The zero-order valence-electron chi connectivity index (χ0n) is 15.9. The van der Waals surface area contributed by atoms with E-state index in [4.69, 9.17) is 5.26 Å². The van der Waals surface area contributed by atoms with E-state index < -0.39 is 0 Å². The van der Waals surface area contributed by atoms with Crippen molar-refractivity contribution < 1.29 is 0 Å². The summed E-state index contributed by atoms with van der Waals surface area (Å²) < 4.78 is 5.98. The van der Waals surface area contributed by atoms with Crippen molar-refractivity contribution in [2.75, 3.05) is 0 Å². The molecular formula is C21H18N8. The first kappa shape index (κ1) is 17.1. The third kappa shape index (κ3) is 2.93. The lowest BCUT2D eigenvalue weighted by atomic mass is 10.2. The fraction of sp³-hybridized carbons (Fsp3) is 0.190. The summed E-state index contributed by atoms with van der Waals surface area (Å²) in [6, 6.07) is 18.6. The highest BCUT2D eigenvalue weighted by Crippen LogP contribution is 2.28. The van der Waals surface area contributed by atoms with Crippen molar-refractivity contribution in [1.29, 1.82) is 5.26 Å². The van der Waals surface area contributed by atoms with E-state index >= 15 is 0 Å². The number of fused-ring (bicyclic) bond motifs is 3. The van der Waals surface area contributed by atoms with Gasteiger partial charge in [-0.1, -0.05) is 30.3 Å². The number of nitrogens with zero attached hydrogens (tertiary/aromatic N) is 8. The van der Waals surface area contributed by atoms with Crippen LogP contribution in [0.25, 0.3) is 28.2 Å². The van der Waals surface area contributed by atoms with Crippen LogP contribution >= 0.6 is 0 Å². The largest absolute Gasteiger partial charge is 0.332 e. The third-order valence-electron chi connectivity index (χ3n) is 5.00. The highest BCUT2D eigenvalue weighted by Gasteiger charge is 2.18. The topological polar surface area (TPSA) is 89.6 Å². The van der Waals surface area contributed by atoms with Gasteiger partial charge < -0.3 is 4.57 Å². The van der Waals surface area contributed by atoms with Crippen LogP contribution < -0.4 is 0 Å². The lowest BCUT2D eigenvalue weighted by Crippen LogP contribution is -2.03. The van der Waals surface area contributed by atoms with Gasteiger partial charge in [-0.15, -0.1) is 15.3 Å². The lowest BCUT2D eigenvalue weighted by Gasteiger charge is -2.09. The van der Waals surface area contributed by atoms with E-state index in [0.717, 1.165) is 28.2 Å². The molecule has 4 aromatic heterocycles. The second-order valence-electron chi connectivity index (χ2n) is 6.89. The summed E-state index contributed by atoms with van der Waals surface area (Å²) in [4.78, 5) is 4.51. The van der Waals surface area contributed by atoms with E-state index in [-0.39, 0.29) is 0 Å². The number of hydrogen-bond acceptors (Lipinski definition) is 5. The van der Waals surface area contributed by atoms with Crippen LogP contribution in [-0.2, 0) is 13.1 Å². The quantitative estimate of drug-likeness (QED) is 0.466. The summed E-state index contributed by atoms with van der Waals surface area (Å²) >= 11 is 0. The first-order chi connectivity index (χ1) is 14.2. The van der Waals surface area contributed by atoms with Crippen LogP contribution in [0.1, 0.15) is 17.8 Å². The van der Waals surface area contributed by atoms with Gasteiger partial charge in [-0.3, -0.25) is 9.08 Å². The molecule has 0 N–H and O–H groups in total. The monoisotopic (exact) mass is 382 g/mol. The molecule has 0 spiro atoms. The fourth-order valence-electron chi connectivity index (χ4n) is 3.65. The van der Waals surface area contributed by atoms with Crippen molar-refractivity contribution in [3.8, 4) is 17.6 Å². The van der Waals surface area contributed by atoms with Gasteiger partial charge >= 0.3 is 0 Å². The summed E-state index contributed by atoms with van der Waals surface area (Å²) in [7, 11) is 0. The van der Waals surface area contributed by atoms with Crippen molar-refractivity contribution >= 4 is 16.7 Å². The van der Waals surface area contributed by atoms with Gasteiger partial charge in [0.15, 0.2) is 11.5 Å². The molecular weight excluding hydrogens is 364 g/mol. The summed E-state index contributed by atoms with van der Waals surface area (Å²) in [5, 5.41) is 21.9. The average molecular weight is 382 g/mol. The molecule has 5 aromatic rings. The van der Waals surface area contributed by atoms with Gasteiger partial charge in [0, 0.05) is 6.54 Å². The van der Waals surface area contributed by atoms with Gasteiger partial charge in [-0.05, 0) is 30.7 Å². The number of aryl methyl sites for hydroxylation is 2. The number of aromatic nitrogens is 7. The molecule has 0 saturated heterocycles. The summed E-state index contributed by atoms with van der Waals surface area (Å²) in [6.45, 7) is 3.17. The summed E-state index contributed by atoms with van der Waals surface area (Å²) in [5.41, 5.74) is 5.00. The summed E-state index contributed by atoms with van der Waals surface area (Å²) in [5.74, 6) is 1.47. The maximum atomic E-state index is 8.83. The van der Waals surface area contributed by atoms with Crippen LogP contribution in [-0.4, -0.2) is 33.9 Å². The minimum Gasteiger partial charge on any atom is -0.332 e. The zero-order chi connectivity index (χ0) is 19.8. The Hall–Kier alpha value is -3.99. The number of benzene rings is 1. The van der Waals surface area contributed by atoms with E-state index in [2.05, 4.69) is 55.2 Å². The second kappa shape index (κ2) is 6.87. The van der Waals surface area contributed by atoms with Crippen molar-refractivity contribution in [3.05, 3.63) is 66.2 Å². The minimum atomic E-state index is 0.399. The van der Waals surface area contributed by atoms with Gasteiger partial charge in [0.1, 0.15) is 12.2 Å². The molecule has 4 heterocycles. The number of pyridine rings is 1. The molecule has 0 atom stereocenters. The SMILES string of the molecule is Cc1nnc2ccc3c(cc(-c4ncn(CCC#N)n4)n3Cc3ccccc3)n12. The molecule has 0 bridgehead atoms. The van der Waals surface area contributed by atoms with E-state index in [1.807, 2.05) is 35.6 Å². The Labute approximate surface area is 166 Å². The Morgan fingerprint density at radius 3 is 2.72 bits per heavy atom. The molecule has 0 amide bonds. The number of hydrogen-bond donors (Lipinski definition) is 0. The second-order valence-corrected chi connectivity index (χ2v) is 6.89. The Morgan fingerprint density at radius 2 is 1.90 bits per heavy atom. The molecule has 5 rings (SSSR count). The molecule has 0 fully saturated rings. The molecule has 1 aromatic carbocycles. The Bertz CT molecular complexity index is 1350. The normalized spacial score (nSPS) is 11.3. The first-order valence-electron chi connectivity index (χ1n) is 9.39. The van der Waals surface area contributed by atoms with E-state index in [0.29, 0.717) is 25.3 Å². The molecule has 29 heavy (non-hydrogen) atoms. The predicted octanol–water partition coefficient (Wildman–Crippen LogP) is 3.21. The highest BCUT2D eigenvalue weighted by atomic mass is 15.3. The maximum Gasteiger partial charge on any atom is 0.197 e. The average Bonchev–Trinajstić information content (AvgIpc) is 3.45. The van der Waals surface area contributed by atoms with Crippen molar-refractivity contribution in [1.82, 2.24) is 33.9 Å². The summed E-state index contributed by atoms with van der Waals surface area (Å²) in [6.07, 6.45) is 2.08. The third-order valence-corrected chi connectivity index (χ3v) is 5.00. The van der Waals surface area contributed by atoms with Gasteiger partial charge in [0.25, 0.3) is 0 Å². The molecule has 0 aliphatic carbocycles. The smallest absolute Gasteiger partial charge is 0.197 e. The van der Waals surface area contributed by atoms with E-state index in [9.17, 15) is 0 Å². The highest BCUT2D eigenvalue weighted by molar-refractivity contribution is 5.85. The molecule has 8 nitrogen and oxygen atoms in total. The van der Waals surface area contributed by atoms with Crippen molar-refractivity contribution in [2.24, 2.45) is 0 Å². The van der Waals surface area contributed by atoms with Crippen molar-refractivity contribution in [2.45, 2.75) is 26.4 Å². The van der Waals surface area contributed by atoms with E-state index in [1.54, 1.807) is 11.0 Å². The molecule has 0 aliphatic rings. The Morgan fingerprint density at radius 1 is 1.03 bits per heavy atom. The maximum absolute atomic E-state index is 8.83.